The molecule has 7 heteroatoms. The van der Waals surface area contributed by atoms with Gasteiger partial charge >= 0.3 is 0 Å². The van der Waals surface area contributed by atoms with Crippen molar-refractivity contribution in [1.82, 2.24) is 19.7 Å². The van der Waals surface area contributed by atoms with Gasteiger partial charge in [-0.25, -0.2) is 9.97 Å². The molecule has 0 amide bonds. The van der Waals surface area contributed by atoms with E-state index in [4.69, 9.17) is 21.9 Å². The average molecular weight is 368 g/mol. The summed E-state index contributed by atoms with van der Waals surface area (Å²) >= 11 is 6.02. The number of fused-ring (bicyclic) bond motifs is 1. The molecule has 0 radical (unpaired) electrons. The van der Waals surface area contributed by atoms with Gasteiger partial charge in [0.1, 0.15) is 17.8 Å². The van der Waals surface area contributed by atoms with Crippen molar-refractivity contribution in [3.05, 3.63) is 59.3 Å². The van der Waals surface area contributed by atoms with E-state index in [2.05, 4.69) is 29.0 Å². The Balaban J connectivity index is 1.82. The van der Waals surface area contributed by atoms with E-state index < -0.39 is 0 Å². The van der Waals surface area contributed by atoms with E-state index in [1.807, 2.05) is 41.1 Å². The molecule has 0 aliphatic rings. The van der Waals surface area contributed by atoms with E-state index >= 15 is 0 Å². The van der Waals surface area contributed by atoms with Crippen LogP contribution >= 0.6 is 11.6 Å². The lowest BCUT2D eigenvalue weighted by molar-refractivity contribution is 0.369. The van der Waals surface area contributed by atoms with Crippen LogP contribution < -0.4 is 5.73 Å². The van der Waals surface area contributed by atoms with Crippen LogP contribution in [0.5, 0.6) is 0 Å². The Morgan fingerprint density at radius 2 is 1.96 bits per heavy atom. The van der Waals surface area contributed by atoms with Crippen LogP contribution in [0.2, 0.25) is 5.02 Å². The Hall–Kier alpha value is -2.86. The van der Waals surface area contributed by atoms with Crippen molar-refractivity contribution in [2.75, 3.05) is 5.73 Å². The van der Waals surface area contributed by atoms with E-state index in [0.717, 1.165) is 33.6 Å². The lowest BCUT2D eigenvalue weighted by atomic mass is 10.1. The Morgan fingerprint density at radius 1 is 1.19 bits per heavy atom. The number of nitrogen functional groups attached to an aromatic ring is 1. The standard InChI is InChI=1S/C19H18ClN5O/c1-11(2)16-7-14(26-24-16)8-25-9-15(12-3-5-13(20)6-4-12)17-18(21)22-10-23-19(17)25/h3-7,9-11H,8H2,1-2H3,(H2,21,22,23). The highest BCUT2D eigenvalue weighted by Crippen LogP contribution is 2.33. The van der Waals surface area contributed by atoms with Crippen LogP contribution in [-0.4, -0.2) is 19.7 Å². The van der Waals surface area contributed by atoms with Crippen LogP contribution in [-0.2, 0) is 6.54 Å². The average Bonchev–Trinajstić information content (AvgIpc) is 3.22. The van der Waals surface area contributed by atoms with Gasteiger partial charge in [-0.15, -0.1) is 0 Å². The van der Waals surface area contributed by atoms with Crippen LogP contribution in [0, 0.1) is 0 Å². The monoisotopic (exact) mass is 367 g/mol. The van der Waals surface area contributed by atoms with Gasteiger partial charge in [0.25, 0.3) is 0 Å². The normalized spacial score (nSPS) is 11.5. The van der Waals surface area contributed by atoms with Crippen molar-refractivity contribution in [2.45, 2.75) is 26.3 Å². The number of anilines is 1. The molecule has 1 aromatic carbocycles. The van der Waals surface area contributed by atoms with Crippen LogP contribution in [0.25, 0.3) is 22.2 Å². The Labute approximate surface area is 155 Å². The third-order valence-corrected chi connectivity index (χ3v) is 4.59. The quantitative estimate of drug-likeness (QED) is 0.574. The fourth-order valence-corrected chi connectivity index (χ4v) is 3.09. The third kappa shape index (κ3) is 2.93. The van der Waals surface area contributed by atoms with Gasteiger partial charge < -0.3 is 14.8 Å². The van der Waals surface area contributed by atoms with Crippen LogP contribution in [0.3, 0.4) is 0 Å². The molecule has 3 aromatic heterocycles. The lowest BCUT2D eigenvalue weighted by Crippen LogP contribution is -1.99. The first kappa shape index (κ1) is 16.6. The topological polar surface area (TPSA) is 82.8 Å². The van der Waals surface area contributed by atoms with Crippen molar-refractivity contribution < 1.29 is 4.52 Å². The highest BCUT2D eigenvalue weighted by Gasteiger charge is 2.17. The number of rotatable bonds is 4. The Kier molecular flexibility index (Phi) is 4.12. The summed E-state index contributed by atoms with van der Waals surface area (Å²) in [5, 5.41) is 5.63. The zero-order valence-electron chi connectivity index (χ0n) is 14.5. The summed E-state index contributed by atoms with van der Waals surface area (Å²) < 4.78 is 7.48. The zero-order chi connectivity index (χ0) is 18.3. The molecular weight excluding hydrogens is 350 g/mol. The van der Waals surface area contributed by atoms with Crippen molar-refractivity contribution in [1.29, 1.82) is 0 Å². The molecule has 3 heterocycles. The molecule has 0 aliphatic heterocycles. The summed E-state index contributed by atoms with van der Waals surface area (Å²) in [7, 11) is 0. The highest BCUT2D eigenvalue weighted by molar-refractivity contribution is 6.30. The molecule has 0 spiro atoms. The number of hydrogen-bond acceptors (Lipinski definition) is 5. The lowest BCUT2D eigenvalue weighted by Gasteiger charge is -2.01. The summed E-state index contributed by atoms with van der Waals surface area (Å²) in [6.07, 6.45) is 3.48. The fraction of sp³-hybridized carbons (Fsp3) is 0.211. The molecule has 26 heavy (non-hydrogen) atoms. The summed E-state index contributed by atoms with van der Waals surface area (Å²) in [5.41, 5.74) is 9.79. The van der Waals surface area contributed by atoms with Gasteiger partial charge in [-0.3, -0.25) is 0 Å². The number of nitrogens with two attached hydrogens (primary N) is 1. The maximum absolute atomic E-state index is 6.15. The molecule has 0 fully saturated rings. The number of halogens is 1. The first-order valence-corrected chi connectivity index (χ1v) is 8.71. The van der Waals surface area contributed by atoms with Crippen LogP contribution in [0.15, 0.2) is 47.4 Å². The maximum Gasteiger partial charge on any atom is 0.156 e. The summed E-state index contributed by atoms with van der Waals surface area (Å²) in [5.74, 6) is 1.53. The van der Waals surface area contributed by atoms with Crippen molar-refractivity contribution in [3.8, 4) is 11.1 Å². The minimum atomic E-state index is 0.316. The molecule has 0 saturated carbocycles. The van der Waals surface area contributed by atoms with Crippen molar-refractivity contribution in [2.24, 2.45) is 0 Å². The van der Waals surface area contributed by atoms with Gasteiger partial charge in [0.05, 0.1) is 17.6 Å². The predicted octanol–water partition coefficient (Wildman–Crippen LogP) is 4.49. The van der Waals surface area contributed by atoms with Crippen LogP contribution in [0.4, 0.5) is 5.82 Å². The van der Waals surface area contributed by atoms with E-state index in [9.17, 15) is 0 Å². The molecule has 0 unspecified atom stereocenters. The third-order valence-electron chi connectivity index (χ3n) is 4.33. The molecule has 4 rings (SSSR count). The van der Waals surface area contributed by atoms with Gasteiger partial charge in [-0.05, 0) is 23.6 Å². The number of aromatic nitrogens is 4. The minimum absolute atomic E-state index is 0.316. The largest absolute Gasteiger partial charge is 0.383 e. The molecule has 132 valence electrons. The molecule has 0 aliphatic carbocycles. The van der Waals surface area contributed by atoms with Gasteiger partial charge in [-0.2, -0.15) is 0 Å². The molecule has 0 bridgehead atoms. The summed E-state index contributed by atoms with van der Waals surface area (Å²) in [6, 6.07) is 9.60. The van der Waals surface area contributed by atoms with Crippen LogP contribution in [0.1, 0.15) is 31.2 Å². The van der Waals surface area contributed by atoms with Gasteiger partial charge in [0.2, 0.25) is 0 Å². The number of benzene rings is 1. The number of hydrogen-bond donors (Lipinski definition) is 1. The highest BCUT2D eigenvalue weighted by atomic mass is 35.5. The molecule has 0 saturated heterocycles. The first-order valence-electron chi connectivity index (χ1n) is 8.33. The fourth-order valence-electron chi connectivity index (χ4n) is 2.96. The van der Waals surface area contributed by atoms with E-state index in [-0.39, 0.29) is 0 Å². The number of nitrogens with zero attached hydrogens (tertiary/aromatic N) is 4. The van der Waals surface area contributed by atoms with E-state index in [1.54, 1.807) is 0 Å². The second kappa shape index (κ2) is 6.46. The summed E-state index contributed by atoms with van der Waals surface area (Å²) in [6.45, 7) is 4.68. The van der Waals surface area contributed by atoms with E-state index in [1.165, 1.54) is 6.33 Å². The van der Waals surface area contributed by atoms with Crippen molar-refractivity contribution >= 4 is 28.5 Å². The smallest absolute Gasteiger partial charge is 0.156 e. The molecule has 6 nitrogen and oxygen atoms in total. The second-order valence-electron chi connectivity index (χ2n) is 6.51. The molecule has 2 N–H and O–H groups in total. The first-order chi connectivity index (χ1) is 12.5. The molecule has 4 aromatic rings. The Bertz CT molecular complexity index is 1070. The minimum Gasteiger partial charge on any atom is -0.383 e. The van der Waals surface area contributed by atoms with Gasteiger partial charge in [-0.1, -0.05) is 42.7 Å². The van der Waals surface area contributed by atoms with Gasteiger partial charge in [0.15, 0.2) is 5.76 Å². The van der Waals surface area contributed by atoms with Crippen molar-refractivity contribution in [3.63, 3.8) is 0 Å². The van der Waals surface area contributed by atoms with E-state index in [0.29, 0.717) is 23.3 Å². The maximum atomic E-state index is 6.15. The Morgan fingerprint density at radius 3 is 2.65 bits per heavy atom. The zero-order valence-corrected chi connectivity index (χ0v) is 15.2. The molecule has 0 atom stereocenters. The molecular formula is C19H18ClN5O. The van der Waals surface area contributed by atoms with Gasteiger partial charge in [0, 0.05) is 22.8 Å². The second-order valence-corrected chi connectivity index (χ2v) is 6.94. The summed E-state index contributed by atoms with van der Waals surface area (Å²) in [4.78, 5) is 8.58. The predicted molar refractivity (Wildman–Crippen MR) is 102 cm³/mol. The SMILES string of the molecule is CC(C)c1cc(Cn2cc(-c3ccc(Cl)cc3)c3c(N)ncnc32)on1.